The van der Waals surface area contributed by atoms with Crippen molar-refractivity contribution in [2.24, 2.45) is 16.7 Å². The Bertz CT molecular complexity index is 277. The van der Waals surface area contributed by atoms with Crippen LogP contribution in [0.15, 0.2) is 0 Å². The highest BCUT2D eigenvalue weighted by Crippen LogP contribution is 2.55. The average Bonchev–Trinajstić information content (AvgIpc) is 2.24. The Hall–Kier alpha value is -1.04. The lowest BCUT2D eigenvalue weighted by Crippen LogP contribution is -2.36. The van der Waals surface area contributed by atoms with Crippen LogP contribution in [-0.4, -0.2) is 11.1 Å². The van der Waals surface area contributed by atoms with Crippen LogP contribution in [0.2, 0.25) is 0 Å². The third-order valence-corrected chi connectivity index (χ3v) is 3.77. The van der Waals surface area contributed by atoms with Gasteiger partial charge in [-0.3, -0.25) is 4.79 Å². The molecule has 3 nitrogen and oxygen atoms in total. The number of carboxylic acids is 1. The summed E-state index contributed by atoms with van der Waals surface area (Å²) in [5.41, 5.74) is -0.913. The van der Waals surface area contributed by atoms with Crippen LogP contribution >= 0.6 is 0 Å². The molecule has 0 aromatic rings. The van der Waals surface area contributed by atoms with Gasteiger partial charge in [0.05, 0.1) is 17.4 Å². The molecule has 0 aromatic heterocycles. The molecule has 0 radical (unpaired) electrons. The predicted octanol–water partition coefficient (Wildman–Crippen LogP) is 2.04. The maximum absolute atomic E-state index is 10.9. The molecule has 72 valence electrons. The first-order valence-corrected chi connectivity index (χ1v) is 4.49. The van der Waals surface area contributed by atoms with Gasteiger partial charge in [0.25, 0.3) is 0 Å². The topological polar surface area (TPSA) is 61.1 Å². The molecule has 1 saturated carbocycles. The van der Waals surface area contributed by atoms with Crippen molar-refractivity contribution in [2.75, 3.05) is 0 Å². The summed E-state index contributed by atoms with van der Waals surface area (Å²) in [7, 11) is 0. The second-order valence-electron chi connectivity index (χ2n) is 4.60. The highest BCUT2D eigenvalue weighted by Gasteiger charge is 2.54. The second kappa shape index (κ2) is 2.73. The first-order chi connectivity index (χ1) is 5.85. The molecule has 3 heteroatoms. The summed E-state index contributed by atoms with van der Waals surface area (Å²) < 4.78 is 0. The standard InChI is InChI=1S/C10H15NO2/c1-9(2)7(8(12)13)4-5-10(9,3)6-11/h7H,4-5H2,1-3H3,(H,12,13)/t7-,10+/m0/s1. The van der Waals surface area contributed by atoms with Crippen LogP contribution in [0.1, 0.15) is 33.6 Å². The zero-order valence-corrected chi connectivity index (χ0v) is 8.29. The Morgan fingerprint density at radius 2 is 2.08 bits per heavy atom. The highest BCUT2D eigenvalue weighted by molar-refractivity contribution is 5.72. The molecule has 0 spiro atoms. The summed E-state index contributed by atoms with van der Waals surface area (Å²) in [6, 6.07) is 2.25. The summed E-state index contributed by atoms with van der Waals surface area (Å²) in [6.45, 7) is 5.61. The molecule has 0 aliphatic heterocycles. The van der Waals surface area contributed by atoms with Gasteiger partial charge in [-0.2, -0.15) is 5.26 Å². The van der Waals surface area contributed by atoms with Gasteiger partial charge in [0.15, 0.2) is 0 Å². The molecule has 2 atom stereocenters. The maximum atomic E-state index is 10.9. The SMILES string of the molecule is CC1(C)[C@H](C(=O)O)CC[C@]1(C)C#N. The monoisotopic (exact) mass is 181 g/mol. The molecule has 1 N–H and O–H groups in total. The van der Waals surface area contributed by atoms with E-state index in [9.17, 15) is 4.79 Å². The fourth-order valence-corrected chi connectivity index (χ4v) is 2.13. The lowest BCUT2D eigenvalue weighted by molar-refractivity contribution is -0.145. The quantitative estimate of drug-likeness (QED) is 0.673. The van der Waals surface area contributed by atoms with E-state index in [2.05, 4.69) is 6.07 Å². The Labute approximate surface area is 78.4 Å². The number of carboxylic acid groups (broad SMARTS) is 1. The van der Waals surface area contributed by atoms with Crippen LogP contribution in [0.4, 0.5) is 0 Å². The van der Waals surface area contributed by atoms with Gasteiger partial charge < -0.3 is 5.11 Å². The van der Waals surface area contributed by atoms with Gasteiger partial charge in [-0.1, -0.05) is 13.8 Å². The van der Waals surface area contributed by atoms with Crippen molar-refractivity contribution in [3.63, 3.8) is 0 Å². The Morgan fingerprint density at radius 1 is 1.54 bits per heavy atom. The molecule has 0 unspecified atom stereocenters. The fraction of sp³-hybridized carbons (Fsp3) is 0.800. The third-order valence-electron chi connectivity index (χ3n) is 3.77. The first-order valence-electron chi connectivity index (χ1n) is 4.49. The summed E-state index contributed by atoms with van der Waals surface area (Å²) >= 11 is 0. The lowest BCUT2D eigenvalue weighted by Gasteiger charge is -2.34. The minimum atomic E-state index is -0.774. The van der Waals surface area contributed by atoms with Crippen molar-refractivity contribution in [3.8, 4) is 6.07 Å². The van der Waals surface area contributed by atoms with E-state index in [1.807, 2.05) is 20.8 Å². The van der Waals surface area contributed by atoms with Gasteiger partial charge in [0, 0.05) is 0 Å². The summed E-state index contributed by atoms with van der Waals surface area (Å²) in [5.74, 6) is -1.15. The van der Waals surface area contributed by atoms with E-state index in [0.29, 0.717) is 12.8 Å². The number of aliphatic carboxylic acids is 1. The Kier molecular flexibility index (Phi) is 2.11. The van der Waals surface area contributed by atoms with E-state index >= 15 is 0 Å². The number of nitriles is 1. The number of carbonyl (C=O) groups is 1. The van der Waals surface area contributed by atoms with E-state index in [0.717, 1.165) is 0 Å². The van der Waals surface area contributed by atoms with Crippen LogP contribution in [-0.2, 0) is 4.79 Å². The van der Waals surface area contributed by atoms with Gasteiger partial charge in [0.1, 0.15) is 0 Å². The van der Waals surface area contributed by atoms with E-state index in [-0.39, 0.29) is 5.92 Å². The van der Waals surface area contributed by atoms with Crippen LogP contribution in [0.5, 0.6) is 0 Å². The predicted molar refractivity (Wildman–Crippen MR) is 47.9 cm³/mol. The fourth-order valence-electron chi connectivity index (χ4n) is 2.13. The van der Waals surface area contributed by atoms with Crippen LogP contribution in [0, 0.1) is 28.1 Å². The molecule has 0 saturated heterocycles. The van der Waals surface area contributed by atoms with E-state index in [1.54, 1.807) is 0 Å². The van der Waals surface area contributed by atoms with E-state index < -0.39 is 16.8 Å². The molecule has 1 aliphatic rings. The largest absolute Gasteiger partial charge is 0.481 e. The van der Waals surface area contributed by atoms with Crippen LogP contribution in [0.25, 0.3) is 0 Å². The van der Waals surface area contributed by atoms with Gasteiger partial charge >= 0.3 is 5.97 Å². The van der Waals surface area contributed by atoms with E-state index in [4.69, 9.17) is 10.4 Å². The molecule has 1 fully saturated rings. The van der Waals surface area contributed by atoms with Gasteiger partial charge in [0.2, 0.25) is 0 Å². The zero-order chi connectivity index (χ0) is 10.3. The van der Waals surface area contributed by atoms with Crippen LogP contribution in [0.3, 0.4) is 0 Å². The van der Waals surface area contributed by atoms with Crippen molar-refractivity contribution in [2.45, 2.75) is 33.6 Å². The number of nitrogens with zero attached hydrogens (tertiary/aromatic N) is 1. The summed E-state index contributed by atoms with van der Waals surface area (Å²) in [4.78, 5) is 10.9. The van der Waals surface area contributed by atoms with Crippen molar-refractivity contribution in [3.05, 3.63) is 0 Å². The molecule has 1 aliphatic carbocycles. The molecule has 1 rings (SSSR count). The summed E-state index contributed by atoms with van der Waals surface area (Å²) in [5, 5.41) is 18.0. The minimum Gasteiger partial charge on any atom is -0.481 e. The Morgan fingerprint density at radius 3 is 2.31 bits per heavy atom. The molecule has 0 amide bonds. The molecular weight excluding hydrogens is 166 g/mol. The third kappa shape index (κ3) is 1.21. The van der Waals surface area contributed by atoms with Crippen molar-refractivity contribution >= 4 is 5.97 Å². The zero-order valence-electron chi connectivity index (χ0n) is 8.29. The van der Waals surface area contributed by atoms with Crippen molar-refractivity contribution < 1.29 is 9.90 Å². The van der Waals surface area contributed by atoms with Gasteiger partial charge in [-0.05, 0) is 25.2 Å². The van der Waals surface area contributed by atoms with E-state index in [1.165, 1.54) is 0 Å². The molecule has 0 heterocycles. The first kappa shape index (κ1) is 10.0. The highest BCUT2D eigenvalue weighted by atomic mass is 16.4. The Balaban J connectivity index is 3.04. The van der Waals surface area contributed by atoms with Crippen molar-refractivity contribution in [1.82, 2.24) is 0 Å². The van der Waals surface area contributed by atoms with Gasteiger partial charge in [-0.15, -0.1) is 0 Å². The smallest absolute Gasteiger partial charge is 0.307 e. The number of hydrogen-bond acceptors (Lipinski definition) is 2. The average molecular weight is 181 g/mol. The molecule has 0 bridgehead atoms. The minimum absolute atomic E-state index is 0.378. The maximum Gasteiger partial charge on any atom is 0.307 e. The van der Waals surface area contributed by atoms with Crippen LogP contribution < -0.4 is 0 Å². The molecule has 13 heavy (non-hydrogen) atoms. The molecular formula is C10H15NO2. The lowest BCUT2D eigenvalue weighted by atomic mass is 9.66. The van der Waals surface area contributed by atoms with Crippen molar-refractivity contribution in [1.29, 1.82) is 5.26 Å². The second-order valence-corrected chi connectivity index (χ2v) is 4.60. The van der Waals surface area contributed by atoms with Gasteiger partial charge in [-0.25, -0.2) is 0 Å². The normalized spacial score (nSPS) is 36.9. The number of rotatable bonds is 1. The molecule has 0 aromatic carbocycles. The summed E-state index contributed by atoms with van der Waals surface area (Å²) in [6.07, 6.45) is 1.31. The number of hydrogen-bond donors (Lipinski definition) is 1.